The monoisotopic (exact) mass is 274 g/mol. The van der Waals surface area contributed by atoms with E-state index >= 15 is 0 Å². The van der Waals surface area contributed by atoms with Crippen molar-refractivity contribution in [2.24, 2.45) is 0 Å². The Hall–Kier alpha value is -0.690. The lowest BCUT2D eigenvalue weighted by Crippen LogP contribution is -2.52. The fourth-order valence-corrected chi connectivity index (χ4v) is 2.27. The van der Waals surface area contributed by atoms with Crippen molar-refractivity contribution < 1.29 is 28.8 Å². The van der Waals surface area contributed by atoms with Crippen LogP contribution in [0.1, 0.15) is 34.1 Å². The van der Waals surface area contributed by atoms with Gasteiger partial charge < -0.3 is 24.1 Å². The van der Waals surface area contributed by atoms with Gasteiger partial charge >= 0.3 is 5.97 Å². The molecule has 6 heteroatoms. The van der Waals surface area contributed by atoms with E-state index in [0.717, 1.165) is 0 Å². The zero-order valence-corrected chi connectivity index (χ0v) is 11.8. The number of aliphatic hydroxyl groups excluding tert-OH is 1. The molecule has 110 valence electrons. The molecule has 19 heavy (non-hydrogen) atoms. The van der Waals surface area contributed by atoms with Crippen LogP contribution >= 0.6 is 0 Å². The Labute approximate surface area is 113 Å². The molecule has 2 fully saturated rings. The van der Waals surface area contributed by atoms with E-state index in [1.807, 2.05) is 0 Å². The van der Waals surface area contributed by atoms with Gasteiger partial charge in [-0.3, -0.25) is 4.79 Å². The third kappa shape index (κ3) is 3.66. The summed E-state index contributed by atoms with van der Waals surface area (Å²) in [6.07, 6.45) is -1.39. The van der Waals surface area contributed by atoms with Gasteiger partial charge in [0.1, 0.15) is 23.9 Å². The molecule has 2 saturated heterocycles. The third-order valence-corrected chi connectivity index (χ3v) is 3.05. The van der Waals surface area contributed by atoms with Crippen LogP contribution in [0.2, 0.25) is 0 Å². The first-order valence-corrected chi connectivity index (χ1v) is 6.52. The molecular weight excluding hydrogens is 252 g/mol. The van der Waals surface area contributed by atoms with Crippen LogP contribution in [-0.2, 0) is 23.7 Å². The van der Waals surface area contributed by atoms with Gasteiger partial charge in [0.15, 0.2) is 5.79 Å². The van der Waals surface area contributed by atoms with Gasteiger partial charge in [-0.2, -0.15) is 0 Å². The first kappa shape index (κ1) is 14.7. The lowest BCUT2D eigenvalue weighted by Gasteiger charge is -2.40. The van der Waals surface area contributed by atoms with Gasteiger partial charge in [0.25, 0.3) is 0 Å². The molecule has 1 N–H and O–H groups in total. The summed E-state index contributed by atoms with van der Waals surface area (Å²) in [6, 6.07) is 0. The average molecular weight is 274 g/mol. The SMILES string of the molecule is CC(C)(C)OC(=O)C[C@]1(C)OC[C@@H]2OC[C@@H](O)[C@@H]2O1. The molecule has 2 rings (SSSR count). The minimum Gasteiger partial charge on any atom is -0.460 e. The molecule has 0 unspecified atom stereocenters. The molecule has 0 radical (unpaired) electrons. The van der Waals surface area contributed by atoms with Gasteiger partial charge in [-0.15, -0.1) is 0 Å². The number of rotatable bonds is 2. The number of fused-ring (bicyclic) bond motifs is 1. The summed E-state index contributed by atoms with van der Waals surface area (Å²) in [5, 5.41) is 9.76. The van der Waals surface area contributed by atoms with Crippen LogP contribution in [0.5, 0.6) is 0 Å². The lowest BCUT2D eigenvalue weighted by atomic mass is 10.1. The molecule has 2 aliphatic rings. The van der Waals surface area contributed by atoms with Crippen molar-refractivity contribution in [3.05, 3.63) is 0 Å². The third-order valence-electron chi connectivity index (χ3n) is 3.05. The zero-order chi connectivity index (χ0) is 14.3. The Morgan fingerprint density at radius 2 is 2.11 bits per heavy atom. The van der Waals surface area contributed by atoms with Crippen LogP contribution in [0, 0.1) is 0 Å². The van der Waals surface area contributed by atoms with Crippen molar-refractivity contribution in [3.63, 3.8) is 0 Å². The summed E-state index contributed by atoms with van der Waals surface area (Å²) in [6.45, 7) is 7.64. The number of hydrogen-bond donors (Lipinski definition) is 1. The molecule has 0 spiro atoms. The van der Waals surface area contributed by atoms with Crippen molar-refractivity contribution in [3.8, 4) is 0 Å². The molecule has 2 aliphatic heterocycles. The second-order valence-electron chi connectivity index (χ2n) is 6.23. The van der Waals surface area contributed by atoms with Crippen LogP contribution in [0.4, 0.5) is 0 Å². The fraction of sp³-hybridized carbons (Fsp3) is 0.923. The Kier molecular flexibility index (Phi) is 3.88. The Balaban J connectivity index is 1.94. The highest BCUT2D eigenvalue weighted by Crippen LogP contribution is 2.33. The maximum absolute atomic E-state index is 11.8. The van der Waals surface area contributed by atoms with E-state index < -0.39 is 23.6 Å². The van der Waals surface area contributed by atoms with Gasteiger partial charge in [0.2, 0.25) is 0 Å². The summed E-state index contributed by atoms with van der Waals surface area (Å²) in [5.74, 6) is -1.46. The lowest BCUT2D eigenvalue weighted by molar-refractivity contribution is -0.310. The first-order valence-electron chi connectivity index (χ1n) is 6.52. The molecule has 2 heterocycles. The van der Waals surface area contributed by atoms with E-state index in [1.54, 1.807) is 27.7 Å². The van der Waals surface area contributed by atoms with Crippen molar-refractivity contribution in [1.82, 2.24) is 0 Å². The van der Waals surface area contributed by atoms with Crippen molar-refractivity contribution in [2.75, 3.05) is 13.2 Å². The highest BCUT2D eigenvalue weighted by atomic mass is 16.7. The predicted molar refractivity (Wildman–Crippen MR) is 65.4 cm³/mol. The van der Waals surface area contributed by atoms with E-state index in [0.29, 0.717) is 6.61 Å². The van der Waals surface area contributed by atoms with Crippen LogP contribution in [0.25, 0.3) is 0 Å². The highest BCUT2D eigenvalue weighted by Gasteiger charge is 2.48. The van der Waals surface area contributed by atoms with E-state index in [1.165, 1.54) is 0 Å². The van der Waals surface area contributed by atoms with Crippen LogP contribution in [0.3, 0.4) is 0 Å². The minimum absolute atomic E-state index is 0.0137. The number of ether oxygens (including phenoxy) is 4. The number of hydrogen-bond acceptors (Lipinski definition) is 6. The highest BCUT2D eigenvalue weighted by molar-refractivity contribution is 5.70. The largest absolute Gasteiger partial charge is 0.460 e. The van der Waals surface area contributed by atoms with E-state index in [-0.39, 0.29) is 25.1 Å². The van der Waals surface area contributed by atoms with Crippen LogP contribution in [-0.4, -0.2) is 54.0 Å². The Morgan fingerprint density at radius 1 is 1.42 bits per heavy atom. The molecular formula is C13H22O6. The van der Waals surface area contributed by atoms with E-state index in [2.05, 4.69) is 0 Å². The quantitative estimate of drug-likeness (QED) is 0.744. The molecule has 0 aromatic rings. The zero-order valence-electron chi connectivity index (χ0n) is 11.8. The summed E-state index contributed by atoms with van der Waals surface area (Å²) < 4.78 is 21.8. The topological polar surface area (TPSA) is 74.2 Å². The maximum Gasteiger partial charge on any atom is 0.311 e. The molecule has 0 aromatic carbocycles. The van der Waals surface area contributed by atoms with Crippen LogP contribution < -0.4 is 0 Å². The number of aliphatic hydroxyl groups is 1. The number of carbonyl (C=O) groups excluding carboxylic acids is 1. The normalized spacial score (nSPS) is 38.9. The van der Waals surface area contributed by atoms with E-state index in [9.17, 15) is 9.90 Å². The number of esters is 1. The van der Waals surface area contributed by atoms with Gasteiger partial charge in [-0.1, -0.05) is 0 Å². The predicted octanol–water partition coefficient (Wildman–Crippen LogP) is 0.609. The summed E-state index contributed by atoms with van der Waals surface area (Å²) in [4.78, 5) is 11.8. The average Bonchev–Trinajstić information content (AvgIpc) is 2.56. The second-order valence-corrected chi connectivity index (χ2v) is 6.23. The van der Waals surface area contributed by atoms with Gasteiger partial charge in [-0.05, 0) is 27.7 Å². The second kappa shape index (κ2) is 5.01. The molecule has 0 aliphatic carbocycles. The fourth-order valence-electron chi connectivity index (χ4n) is 2.27. The smallest absolute Gasteiger partial charge is 0.311 e. The van der Waals surface area contributed by atoms with Crippen molar-refractivity contribution in [1.29, 1.82) is 0 Å². The molecule has 0 bridgehead atoms. The summed E-state index contributed by atoms with van der Waals surface area (Å²) in [5.41, 5.74) is -0.541. The van der Waals surface area contributed by atoms with Gasteiger partial charge in [0, 0.05) is 0 Å². The molecule has 0 saturated carbocycles. The van der Waals surface area contributed by atoms with Crippen LogP contribution in [0.15, 0.2) is 0 Å². The number of carbonyl (C=O) groups is 1. The van der Waals surface area contributed by atoms with Crippen molar-refractivity contribution >= 4 is 5.97 Å². The molecule has 6 nitrogen and oxygen atoms in total. The molecule has 4 atom stereocenters. The standard InChI is InChI=1S/C13H22O6/c1-12(2,3)18-10(15)5-13(4)17-7-9-11(19-13)8(14)6-16-9/h8-9,11,14H,5-7H2,1-4H3/t8-,9+,11+,13-/m1/s1. The Morgan fingerprint density at radius 3 is 2.74 bits per heavy atom. The first-order chi connectivity index (χ1) is 8.69. The van der Waals surface area contributed by atoms with Gasteiger partial charge in [0.05, 0.1) is 19.6 Å². The summed E-state index contributed by atoms with van der Waals surface area (Å²) in [7, 11) is 0. The molecule has 0 aromatic heterocycles. The van der Waals surface area contributed by atoms with E-state index in [4.69, 9.17) is 18.9 Å². The Bertz CT molecular complexity index is 350. The summed E-state index contributed by atoms with van der Waals surface area (Å²) >= 11 is 0. The van der Waals surface area contributed by atoms with Gasteiger partial charge in [-0.25, -0.2) is 0 Å². The molecule has 0 amide bonds. The maximum atomic E-state index is 11.8. The minimum atomic E-state index is -1.07. The van der Waals surface area contributed by atoms with Crippen molar-refractivity contribution in [2.45, 2.75) is 63.8 Å².